The molecule has 1 amide bonds. The largest absolute Gasteiger partial charge is 0.383 e. The maximum Gasteiger partial charge on any atom is 0.284 e. The van der Waals surface area contributed by atoms with E-state index in [1.807, 2.05) is 6.92 Å². The van der Waals surface area contributed by atoms with Crippen LogP contribution in [-0.4, -0.2) is 54.9 Å². The van der Waals surface area contributed by atoms with Crippen LogP contribution in [0.4, 0.5) is 5.13 Å². The lowest BCUT2D eigenvalue weighted by Crippen LogP contribution is -2.29. The molecule has 0 fully saturated rings. The van der Waals surface area contributed by atoms with Gasteiger partial charge in [0.25, 0.3) is 5.91 Å². The number of nitrogens with zero attached hydrogens (tertiary/aromatic N) is 3. The zero-order chi connectivity index (χ0) is 12.0. The number of aromatic nitrogens is 2. The van der Waals surface area contributed by atoms with Crippen molar-refractivity contribution in [1.82, 2.24) is 15.1 Å². The second-order valence-electron chi connectivity index (χ2n) is 3.16. The van der Waals surface area contributed by atoms with Crippen molar-refractivity contribution in [3.8, 4) is 0 Å². The van der Waals surface area contributed by atoms with Gasteiger partial charge in [-0.2, -0.15) is 0 Å². The summed E-state index contributed by atoms with van der Waals surface area (Å²) in [4.78, 5) is 13.4. The summed E-state index contributed by atoms with van der Waals surface area (Å²) < 4.78 is 4.90. The number of anilines is 1. The van der Waals surface area contributed by atoms with Gasteiger partial charge in [0, 0.05) is 27.2 Å². The van der Waals surface area contributed by atoms with E-state index in [9.17, 15) is 4.79 Å². The van der Waals surface area contributed by atoms with Gasteiger partial charge in [-0.3, -0.25) is 4.79 Å². The van der Waals surface area contributed by atoms with Gasteiger partial charge in [0.1, 0.15) is 0 Å². The Labute approximate surface area is 98.6 Å². The zero-order valence-corrected chi connectivity index (χ0v) is 10.5. The van der Waals surface area contributed by atoms with Crippen molar-refractivity contribution in [2.45, 2.75) is 6.92 Å². The number of carbonyl (C=O) groups excluding carboxylic acids is 1. The molecule has 0 saturated heterocycles. The number of nitrogens with one attached hydrogen (secondary N) is 1. The minimum atomic E-state index is -0.126. The fourth-order valence-electron chi connectivity index (χ4n) is 1.03. The SMILES string of the molecule is CCNc1nnc(C(=O)N(C)CCOC)s1. The van der Waals surface area contributed by atoms with Crippen LogP contribution in [0.25, 0.3) is 0 Å². The van der Waals surface area contributed by atoms with Crippen molar-refractivity contribution < 1.29 is 9.53 Å². The monoisotopic (exact) mass is 244 g/mol. The molecule has 0 saturated carbocycles. The first-order valence-corrected chi connectivity index (χ1v) is 5.82. The van der Waals surface area contributed by atoms with Crippen LogP contribution < -0.4 is 5.32 Å². The normalized spacial score (nSPS) is 10.2. The smallest absolute Gasteiger partial charge is 0.284 e. The average Bonchev–Trinajstić information content (AvgIpc) is 2.74. The molecule has 90 valence electrons. The minimum Gasteiger partial charge on any atom is -0.383 e. The molecule has 1 N–H and O–H groups in total. The summed E-state index contributed by atoms with van der Waals surface area (Å²) in [6, 6.07) is 0. The summed E-state index contributed by atoms with van der Waals surface area (Å²) in [5, 5.41) is 11.8. The summed E-state index contributed by atoms with van der Waals surface area (Å²) in [6.45, 7) is 3.79. The third kappa shape index (κ3) is 3.42. The fraction of sp³-hybridized carbons (Fsp3) is 0.667. The maximum absolute atomic E-state index is 11.8. The fourth-order valence-corrected chi connectivity index (χ4v) is 1.83. The van der Waals surface area contributed by atoms with E-state index in [2.05, 4.69) is 15.5 Å². The zero-order valence-electron chi connectivity index (χ0n) is 9.69. The summed E-state index contributed by atoms with van der Waals surface area (Å²) in [6.07, 6.45) is 0. The van der Waals surface area contributed by atoms with Gasteiger partial charge in [-0.25, -0.2) is 0 Å². The molecule has 0 atom stereocenters. The standard InChI is InChI=1S/C9H16N4O2S/c1-4-10-9-12-11-7(16-9)8(14)13(2)5-6-15-3/h4-6H2,1-3H3,(H,10,12). The predicted octanol–water partition coefficient (Wildman–Crippen LogP) is 0.688. The number of rotatable bonds is 6. The molecular formula is C9H16N4O2S. The molecule has 1 heterocycles. The first-order chi connectivity index (χ1) is 7.69. The van der Waals surface area contributed by atoms with E-state index in [1.54, 1.807) is 19.1 Å². The lowest BCUT2D eigenvalue weighted by atomic mass is 10.5. The van der Waals surface area contributed by atoms with Crippen LogP contribution in [0.1, 0.15) is 16.7 Å². The molecule has 6 nitrogen and oxygen atoms in total. The molecule has 0 aromatic carbocycles. The van der Waals surface area contributed by atoms with Crippen molar-refractivity contribution in [3.63, 3.8) is 0 Å². The number of ether oxygens (including phenoxy) is 1. The predicted molar refractivity (Wildman–Crippen MR) is 62.9 cm³/mol. The molecule has 0 aliphatic carbocycles. The third-order valence-corrected chi connectivity index (χ3v) is 2.78. The van der Waals surface area contributed by atoms with Crippen molar-refractivity contribution in [3.05, 3.63) is 5.01 Å². The molecule has 1 aromatic heterocycles. The van der Waals surface area contributed by atoms with Crippen LogP contribution in [0.3, 0.4) is 0 Å². The van der Waals surface area contributed by atoms with Crippen LogP contribution in [0.15, 0.2) is 0 Å². The highest BCUT2D eigenvalue weighted by Gasteiger charge is 2.16. The van der Waals surface area contributed by atoms with Crippen LogP contribution in [0.2, 0.25) is 0 Å². The van der Waals surface area contributed by atoms with E-state index in [-0.39, 0.29) is 5.91 Å². The molecule has 0 unspecified atom stereocenters. The number of amides is 1. The number of hydrogen-bond acceptors (Lipinski definition) is 6. The Bertz CT molecular complexity index is 342. The second-order valence-corrected chi connectivity index (χ2v) is 4.14. The van der Waals surface area contributed by atoms with Crippen molar-refractivity contribution >= 4 is 22.4 Å². The van der Waals surface area contributed by atoms with E-state index in [0.29, 0.717) is 23.3 Å². The second kappa shape index (κ2) is 6.39. The average molecular weight is 244 g/mol. The highest BCUT2D eigenvalue weighted by molar-refractivity contribution is 7.17. The van der Waals surface area contributed by atoms with Gasteiger partial charge in [-0.05, 0) is 6.92 Å². The minimum absolute atomic E-state index is 0.126. The Kier molecular flexibility index (Phi) is 5.13. The van der Waals surface area contributed by atoms with Gasteiger partial charge in [-0.15, -0.1) is 10.2 Å². The Morgan fingerprint density at radius 1 is 1.56 bits per heavy atom. The van der Waals surface area contributed by atoms with Crippen LogP contribution >= 0.6 is 11.3 Å². The Morgan fingerprint density at radius 2 is 2.31 bits per heavy atom. The molecule has 1 rings (SSSR count). The number of hydrogen-bond donors (Lipinski definition) is 1. The number of likely N-dealkylation sites (N-methyl/N-ethyl adjacent to an activating group) is 1. The van der Waals surface area contributed by atoms with Gasteiger partial charge in [0.05, 0.1) is 6.61 Å². The summed E-state index contributed by atoms with van der Waals surface area (Å²) in [5.74, 6) is -0.126. The third-order valence-electron chi connectivity index (χ3n) is 1.91. The Hall–Kier alpha value is -1.21. The van der Waals surface area contributed by atoms with Crippen LogP contribution in [0, 0.1) is 0 Å². The number of methoxy groups -OCH3 is 1. The molecule has 0 radical (unpaired) electrons. The Morgan fingerprint density at radius 3 is 2.94 bits per heavy atom. The first kappa shape index (κ1) is 12.9. The molecular weight excluding hydrogens is 228 g/mol. The van der Waals surface area contributed by atoms with Gasteiger partial charge >= 0.3 is 0 Å². The molecule has 0 spiro atoms. The van der Waals surface area contributed by atoms with Gasteiger partial charge in [0.2, 0.25) is 10.1 Å². The molecule has 0 aliphatic heterocycles. The molecule has 7 heteroatoms. The van der Waals surface area contributed by atoms with E-state index in [4.69, 9.17) is 4.74 Å². The van der Waals surface area contributed by atoms with Crippen molar-refractivity contribution in [2.75, 3.05) is 39.2 Å². The number of carbonyl (C=O) groups is 1. The molecule has 16 heavy (non-hydrogen) atoms. The molecule has 0 aliphatic rings. The van der Waals surface area contributed by atoms with Crippen LogP contribution in [0.5, 0.6) is 0 Å². The molecule has 0 bridgehead atoms. The van der Waals surface area contributed by atoms with E-state index in [1.165, 1.54) is 11.3 Å². The summed E-state index contributed by atoms with van der Waals surface area (Å²) >= 11 is 1.26. The highest BCUT2D eigenvalue weighted by atomic mass is 32.1. The summed E-state index contributed by atoms with van der Waals surface area (Å²) in [5.41, 5.74) is 0. The Balaban J connectivity index is 2.57. The van der Waals surface area contributed by atoms with E-state index >= 15 is 0 Å². The van der Waals surface area contributed by atoms with Crippen LogP contribution in [-0.2, 0) is 4.74 Å². The highest BCUT2D eigenvalue weighted by Crippen LogP contribution is 2.15. The van der Waals surface area contributed by atoms with E-state index in [0.717, 1.165) is 6.54 Å². The van der Waals surface area contributed by atoms with E-state index < -0.39 is 0 Å². The lowest BCUT2D eigenvalue weighted by molar-refractivity contribution is 0.0743. The first-order valence-electron chi connectivity index (χ1n) is 5.00. The quantitative estimate of drug-likeness (QED) is 0.797. The lowest BCUT2D eigenvalue weighted by Gasteiger charge is -2.13. The topological polar surface area (TPSA) is 67.4 Å². The van der Waals surface area contributed by atoms with Gasteiger partial charge in [-0.1, -0.05) is 11.3 Å². The van der Waals surface area contributed by atoms with Crippen molar-refractivity contribution in [2.24, 2.45) is 0 Å². The van der Waals surface area contributed by atoms with Crippen molar-refractivity contribution in [1.29, 1.82) is 0 Å². The maximum atomic E-state index is 11.8. The molecule has 1 aromatic rings. The van der Waals surface area contributed by atoms with Gasteiger partial charge in [0.15, 0.2) is 0 Å². The van der Waals surface area contributed by atoms with Gasteiger partial charge < -0.3 is 15.0 Å². The summed E-state index contributed by atoms with van der Waals surface area (Å²) in [7, 11) is 3.32.